The minimum Gasteiger partial charge on any atom is -0.508 e. The number of phenolic OH excluding ortho intramolecular Hbond substituents is 1. The summed E-state index contributed by atoms with van der Waals surface area (Å²) in [6.45, 7) is 7.73. The van der Waals surface area contributed by atoms with E-state index < -0.39 is 0 Å². The molecule has 2 N–H and O–H groups in total. The van der Waals surface area contributed by atoms with Gasteiger partial charge in [-0.05, 0) is 51.8 Å². The Morgan fingerprint density at radius 3 is 2.24 bits per heavy atom. The topological polar surface area (TPSA) is 49.3 Å². The maximum absolute atomic E-state index is 11.6. The van der Waals surface area contributed by atoms with Crippen LogP contribution in [0.25, 0.3) is 0 Å². The summed E-state index contributed by atoms with van der Waals surface area (Å²) in [5.41, 5.74) is 0.951. The molecule has 0 aliphatic carbocycles. The van der Waals surface area contributed by atoms with Crippen LogP contribution in [0.3, 0.4) is 0 Å². The number of ketones is 1. The molecule has 0 saturated heterocycles. The van der Waals surface area contributed by atoms with Gasteiger partial charge in [0.15, 0.2) is 0 Å². The van der Waals surface area contributed by atoms with Gasteiger partial charge in [0.1, 0.15) is 11.5 Å². The van der Waals surface area contributed by atoms with Crippen LogP contribution in [-0.4, -0.2) is 22.5 Å². The number of carbonyl (C=O) groups excluding carboxylic acids is 1. The van der Waals surface area contributed by atoms with Gasteiger partial charge in [-0.15, -0.1) is 0 Å². The van der Waals surface area contributed by atoms with Crippen molar-refractivity contribution in [3.63, 3.8) is 0 Å². The average molecular weight is 235 g/mol. The van der Waals surface area contributed by atoms with Crippen LogP contribution in [0, 0.1) is 0 Å². The van der Waals surface area contributed by atoms with Gasteiger partial charge >= 0.3 is 0 Å². The summed E-state index contributed by atoms with van der Waals surface area (Å²) in [7, 11) is 0. The smallest absolute Gasteiger partial charge is 0.147 e. The molecule has 0 aromatic heterocycles. The Kier molecular flexibility index (Phi) is 4.29. The van der Waals surface area contributed by atoms with E-state index in [0.717, 1.165) is 5.56 Å². The van der Waals surface area contributed by atoms with Crippen molar-refractivity contribution in [3.8, 4) is 5.75 Å². The molecule has 1 rings (SSSR count). The lowest BCUT2D eigenvalue weighted by Gasteiger charge is -2.27. The second-order valence-electron chi connectivity index (χ2n) is 5.43. The summed E-state index contributed by atoms with van der Waals surface area (Å²) in [4.78, 5) is 11.6. The molecule has 0 radical (unpaired) electrons. The summed E-state index contributed by atoms with van der Waals surface area (Å²) in [5, 5.41) is 12.5. The summed E-state index contributed by atoms with van der Waals surface area (Å²) in [6, 6.07) is 6.79. The number of aromatic hydroxyl groups is 1. The molecular formula is C14H21NO2. The predicted molar refractivity (Wildman–Crippen MR) is 69.2 cm³/mol. The largest absolute Gasteiger partial charge is 0.508 e. The highest BCUT2D eigenvalue weighted by Crippen LogP contribution is 2.13. The molecule has 0 saturated carbocycles. The Morgan fingerprint density at radius 2 is 1.82 bits per heavy atom. The van der Waals surface area contributed by atoms with Crippen LogP contribution < -0.4 is 5.32 Å². The number of carbonyl (C=O) groups is 1. The lowest BCUT2D eigenvalue weighted by molar-refractivity contribution is -0.119. The SMILES string of the molecule is CC(=O)C(Cc1ccc(O)cc1)NC(C)(C)C. The van der Waals surface area contributed by atoms with Crippen molar-refractivity contribution in [2.45, 2.75) is 45.7 Å². The fraction of sp³-hybridized carbons (Fsp3) is 0.500. The molecule has 0 fully saturated rings. The first-order valence-electron chi connectivity index (χ1n) is 5.84. The highest BCUT2D eigenvalue weighted by Gasteiger charge is 2.20. The van der Waals surface area contributed by atoms with Gasteiger partial charge in [0.2, 0.25) is 0 Å². The number of hydrogen-bond donors (Lipinski definition) is 2. The highest BCUT2D eigenvalue weighted by atomic mass is 16.3. The number of phenols is 1. The quantitative estimate of drug-likeness (QED) is 0.841. The fourth-order valence-corrected chi connectivity index (χ4v) is 1.69. The molecule has 0 aliphatic heterocycles. The van der Waals surface area contributed by atoms with Gasteiger partial charge in [-0.25, -0.2) is 0 Å². The second-order valence-corrected chi connectivity index (χ2v) is 5.43. The van der Waals surface area contributed by atoms with E-state index in [2.05, 4.69) is 5.32 Å². The Bertz CT molecular complexity index is 376. The van der Waals surface area contributed by atoms with E-state index in [9.17, 15) is 9.90 Å². The van der Waals surface area contributed by atoms with E-state index >= 15 is 0 Å². The van der Waals surface area contributed by atoms with Crippen molar-refractivity contribution >= 4 is 5.78 Å². The molecule has 0 amide bonds. The minimum absolute atomic E-state index is 0.0900. The number of benzene rings is 1. The van der Waals surface area contributed by atoms with Crippen molar-refractivity contribution in [2.24, 2.45) is 0 Å². The maximum Gasteiger partial charge on any atom is 0.147 e. The van der Waals surface area contributed by atoms with E-state index in [4.69, 9.17) is 0 Å². The number of nitrogens with one attached hydrogen (secondary N) is 1. The van der Waals surface area contributed by atoms with Crippen LogP contribution >= 0.6 is 0 Å². The highest BCUT2D eigenvalue weighted by molar-refractivity contribution is 5.81. The van der Waals surface area contributed by atoms with Crippen molar-refractivity contribution < 1.29 is 9.90 Å². The normalized spacial score (nSPS) is 13.4. The molecule has 94 valence electrons. The predicted octanol–water partition coefficient (Wildman–Crippen LogP) is 2.28. The van der Waals surface area contributed by atoms with E-state index in [1.165, 1.54) is 0 Å². The molecule has 3 nitrogen and oxygen atoms in total. The van der Waals surface area contributed by atoms with E-state index in [0.29, 0.717) is 6.42 Å². The van der Waals surface area contributed by atoms with Gasteiger partial charge in [0.25, 0.3) is 0 Å². The first kappa shape index (κ1) is 13.7. The lowest BCUT2D eigenvalue weighted by Crippen LogP contribution is -2.48. The van der Waals surface area contributed by atoms with Gasteiger partial charge in [0.05, 0.1) is 6.04 Å². The molecule has 3 heteroatoms. The zero-order chi connectivity index (χ0) is 13.1. The summed E-state index contributed by atoms with van der Waals surface area (Å²) in [5.74, 6) is 0.380. The molecule has 1 atom stereocenters. The monoisotopic (exact) mass is 235 g/mol. The van der Waals surface area contributed by atoms with Crippen LogP contribution in [0.5, 0.6) is 5.75 Å². The first-order chi connectivity index (χ1) is 7.78. The molecule has 1 unspecified atom stereocenters. The molecule has 0 aliphatic rings. The Labute approximate surface area is 103 Å². The van der Waals surface area contributed by atoms with Crippen molar-refractivity contribution in [1.29, 1.82) is 0 Å². The second kappa shape index (κ2) is 5.32. The molecule has 0 spiro atoms. The minimum atomic E-state index is -0.181. The number of hydrogen-bond acceptors (Lipinski definition) is 3. The zero-order valence-electron chi connectivity index (χ0n) is 10.9. The first-order valence-corrected chi connectivity index (χ1v) is 5.84. The number of rotatable bonds is 4. The molecular weight excluding hydrogens is 214 g/mol. The van der Waals surface area contributed by atoms with Crippen LogP contribution in [0.2, 0.25) is 0 Å². The molecule has 0 heterocycles. The molecule has 1 aromatic rings. The summed E-state index contributed by atoms with van der Waals surface area (Å²) in [6.07, 6.45) is 0.646. The van der Waals surface area contributed by atoms with Crippen molar-refractivity contribution in [2.75, 3.05) is 0 Å². The van der Waals surface area contributed by atoms with E-state index in [-0.39, 0.29) is 23.1 Å². The van der Waals surface area contributed by atoms with E-state index in [1.54, 1.807) is 19.1 Å². The number of Topliss-reactive ketones (excluding diaryl/α,β-unsaturated/α-hetero) is 1. The Hall–Kier alpha value is -1.35. The van der Waals surface area contributed by atoms with Gasteiger partial charge in [0, 0.05) is 5.54 Å². The molecule has 0 bridgehead atoms. The Balaban J connectivity index is 2.73. The fourth-order valence-electron chi connectivity index (χ4n) is 1.69. The molecule has 17 heavy (non-hydrogen) atoms. The third kappa shape index (κ3) is 5.00. The lowest BCUT2D eigenvalue weighted by atomic mass is 9.99. The maximum atomic E-state index is 11.6. The van der Waals surface area contributed by atoms with Crippen LogP contribution in [0.1, 0.15) is 33.3 Å². The third-order valence-corrected chi connectivity index (χ3v) is 2.47. The van der Waals surface area contributed by atoms with Gasteiger partial charge in [-0.2, -0.15) is 0 Å². The van der Waals surface area contributed by atoms with Crippen LogP contribution in [-0.2, 0) is 11.2 Å². The molecule has 1 aromatic carbocycles. The summed E-state index contributed by atoms with van der Waals surface area (Å²) < 4.78 is 0. The summed E-state index contributed by atoms with van der Waals surface area (Å²) >= 11 is 0. The standard InChI is InChI=1S/C14H21NO2/c1-10(16)13(15-14(2,3)4)9-11-5-7-12(17)8-6-11/h5-8,13,15,17H,9H2,1-4H3. The van der Waals surface area contributed by atoms with Crippen molar-refractivity contribution in [1.82, 2.24) is 5.32 Å². The Morgan fingerprint density at radius 1 is 1.29 bits per heavy atom. The van der Waals surface area contributed by atoms with Gasteiger partial charge in [-0.1, -0.05) is 12.1 Å². The van der Waals surface area contributed by atoms with Crippen molar-refractivity contribution in [3.05, 3.63) is 29.8 Å². The van der Waals surface area contributed by atoms with Crippen LogP contribution in [0.4, 0.5) is 0 Å². The zero-order valence-corrected chi connectivity index (χ0v) is 10.9. The third-order valence-electron chi connectivity index (χ3n) is 2.47. The van der Waals surface area contributed by atoms with Gasteiger partial charge in [-0.3, -0.25) is 4.79 Å². The van der Waals surface area contributed by atoms with Gasteiger partial charge < -0.3 is 10.4 Å². The van der Waals surface area contributed by atoms with Crippen LogP contribution in [0.15, 0.2) is 24.3 Å². The average Bonchev–Trinajstić information content (AvgIpc) is 2.18. The van der Waals surface area contributed by atoms with E-state index in [1.807, 2.05) is 32.9 Å².